The molecule has 2 rings (SSSR count). The number of halogens is 1. The number of piperidine rings is 1. The highest BCUT2D eigenvalue weighted by Gasteiger charge is 2.34. The minimum Gasteiger partial charge on any atom is -0.445 e. The van der Waals surface area contributed by atoms with Crippen LogP contribution >= 0.6 is 0 Å². The van der Waals surface area contributed by atoms with Gasteiger partial charge in [0.2, 0.25) is 0 Å². The fourth-order valence-electron chi connectivity index (χ4n) is 2.50. The Morgan fingerprint density at radius 2 is 1.96 bits per heavy atom. The topological polar surface area (TPSA) is 67.9 Å². The van der Waals surface area contributed by atoms with Gasteiger partial charge in [0, 0.05) is 6.54 Å². The second kappa shape index (κ2) is 8.18. The van der Waals surface area contributed by atoms with Crippen LogP contribution in [0.2, 0.25) is 0 Å². The second-order valence-electron chi connectivity index (χ2n) is 7.04. The molecule has 1 fully saturated rings. The third kappa shape index (κ3) is 6.25. The molecule has 0 aliphatic carbocycles. The lowest BCUT2D eigenvalue weighted by Gasteiger charge is -2.34. The smallest absolute Gasteiger partial charge is 0.410 e. The standard InChI is InChI=1S/C18H25FN2O4/c1-18(2,3)25-16(22)20-15-9-10-21(11-14(15)19)17(23)24-12-13-7-5-4-6-8-13/h4-8,14-15H,9-12H2,1-3H3,(H,20,22)/t14-,15-/m0/s1. The van der Waals surface area contributed by atoms with E-state index in [2.05, 4.69) is 5.32 Å². The Morgan fingerprint density at radius 1 is 1.28 bits per heavy atom. The average molecular weight is 352 g/mol. The van der Waals surface area contributed by atoms with Crippen molar-refractivity contribution in [2.24, 2.45) is 0 Å². The molecule has 0 aromatic heterocycles. The minimum absolute atomic E-state index is 0.117. The monoisotopic (exact) mass is 352 g/mol. The summed E-state index contributed by atoms with van der Waals surface area (Å²) >= 11 is 0. The van der Waals surface area contributed by atoms with Gasteiger partial charge in [-0.2, -0.15) is 0 Å². The molecule has 1 aromatic rings. The van der Waals surface area contributed by atoms with Crippen LogP contribution in [-0.4, -0.2) is 48.0 Å². The van der Waals surface area contributed by atoms with Gasteiger partial charge in [-0.1, -0.05) is 30.3 Å². The SMILES string of the molecule is CC(C)(C)OC(=O)N[C@H]1CCN(C(=O)OCc2ccccc2)C[C@@H]1F. The van der Waals surface area contributed by atoms with E-state index >= 15 is 0 Å². The Kier molecular flexibility index (Phi) is 6.22. The number of hydrogen-bond acceptors (Lipinski definition) is 4. The van der Waals surface area contributed by atoms with E-state index in [0.717, 1.165) is 5.56 Å². The molecular weight excluding hydrogens is 327 g/mol. The number of ether oxygens (including phenoxy) is 2. The number of alkyl carbamates (subject to hydrolysis) is 1. The summed E-state index contributed by atoms with van der Waals surface area (Å²) in [6.45, 7) is 5.57. The van der Waals surface area contributed by atoms with Crippen LogP contribution in [0.15, 0.2) is 30.3 Å². The number of carbonyl (C=O) groups excluding carboxylic acids is 2. The maximum absolute atomic E-state index is 14.3. The van der Waals surface area contributed by atoms with Crippen LogP contribution in [0, 0.1) is 0 Å². The molecule has 6 nitrogen and oxygen atoms in total. The summed E-state index contributed by atoms with van der Waals surface area (Å²) in [5.41, 5.74) is 0.229. The molecule has 0 saturated carbocycles. The third-order valence-electron chi connectivity index (χ3n) is 3.71. The minimum atomic E-state index is -1.37. The highest BCUT2D eigenvalue weighted by atomic mass is 19.1. The van der Waals surface area contributed by atoms with Gasteiger partial charge in [0.05, 0.1) is 12.6 Å². The van der Waals surface area contributed by atoms with Gasteiger partial charge in [0.25, 0.3) is 0 Å². The normalized spacial score (nSPS) is 20.7. The molecule has 0 radical (unpaired) electrons. The average Bonchev–Trinajstić information content (AvgIpc) is 2.53. The fourth-order valence-corrected chi connectivity index (χ4v) is 2.50. The van der Waals surface area contributed by atoms with Crippen LogP contribution in [0.5, 0.6) is 0 Å². The largest absolute Gasteiger partial charge is 0.445 e. The Bertz CT molecular complexity index is 588. The summed E-state index contributed by atoms with van der Waals surface area (Å²) in [5, 5.41) is 2.53. The lowest BCUT2D eigenvalue weighted by molar-refractivity contribution is 0.0365. The Labute approximate surface area is 147 Å². The van der Waals surface area contributed by atoms with E-state index in [-0.39, 0.29) is 13.2 Å². The van der Waals surface area contributed by atoms with Gasteiger partial charge in [-0.05, 0) is 32.8 Å². The van der Waals surface area contributed by atoms with E-state index < -0.39 is 30.0 Å². The van der Waals surface area contributed by atoms with Crippen molar-refractivity contribution in [1.82, 2.24) is 10.2 Å². The number of rotatable bonds is 3. The number of nitrogens with zero attached hydrogens (tertiary/aromatic N) is 1. The van der Waals surface area contributed by atoms with Crippen molar-refractivity contribution in [3.63, 3.8) is 0 Å². The number of alkyl halides is 1. The molecule has 0 unspecified atom stereocenters. The molecule has 0 spiro atoms. The molecule has 1 aromatic carbocycles. The van der Waals surface area contributed by atoms with Crippen molar-refractivity contribution >= 4 is 12.2 Å². The summed E-state index contributed by atoms with van der Waals surface area (Å²) in [7, 11) is 0. The number of carbonyl (C=O) groups is 2. The van der Waals surface area contributed by atoms with Crippen molar-refractivity contribution in [2.45, 2.75) is 51.6 Å². The number of amides is 2. The second-order valence-corrected chi connectivity index (χ2v) is 7.04. The van der Waals surface area contributed by atoms with Crippen LogP contribution < -0.4 is 5.32 Å². The molecule has 2 amide bonds. The van der Waals surface area contributed by atoms with E-state index in [1.165, 1.54) is 4.90 Å². The highest BCUT2D eigenvalue weighted by molar-refractivity contribution is 5.69. The van der Waals surface area contributed by atoms with Crippen molar-refractivity contribution in [3.8, 4) is 0 Å². The van der Waals surface area contributed by atoms with Crippen molar-refractivity contribution in [2.75, 3.05) is 13.1 Å². The summed E-state index contributed by atoms with van der Waals surface area (Å²) in [4.78, 5) is 25.1. The van der Waals surface area contributed by atoms with Gasteiger partial charge in [0.15, 0.2) is 0 Å². The van der Waals surface area contributed by atoms with Crippen molar-refractivity contribution in [3.05, 3.63) is 35.9 Å². The Balaban J connectivity index is 1.78. The first-order chi connectivity index (χ1) is 11.7. The maximum Gasteiger partial charge on any atom is 0.410 e. The first-order valence-electron chi connectivity index (χ1n) is 8.34. The molecule has 1 aliphatic heterocycles. The van der Waals surface area contributed by atoms with Gasteiger partial charge in [0.1, 0.15) is 18.4 Å². The molecule has 0 bridgehead atoms. The molecule has 1 saturated heterocycles. The van der Waals surface area contributed by atoms with Crippen LogP contribution in [0.3, 0.4) is 0 Å². The van der Waals surface area contributed by atoms with Gasteiger partial charge < -0.3 is 19.7 Å². The van der Waals surface area contributed by atoms with Crippen LogP contribution in [0.4, 0.5) is 14.0 Å². The lowest BCUT2D eigenvalue weighted by atomic mass is 10.0. The zero-order valence-electron chi connectivity index (χ0n) is 14.8. The number of benzene rings is 1. The maximum atomic E-state index is 14.3. The van der Waals surface area contributed by atoms with E-state index in [4.69, 9.17) is 9.47 Å². The highest BCUT2D eigenvalue weighted by Crippen LogP contribution is 2.17. The summed E-state index contributed by atoms with van der Waals surface area (Å²) in [6.07, 6.45) is -2.27. The molecule has 1 N–H and O–H groups in total. The first kappa shape index (κ1) is 19.0. The van der Waals surface area contributed by atoms with Crippen LogP contribution in [0.25, 0.3) is 0 Å². The molecule has 1 heterocycles. The molecule has 25 heavy (non-hydrogen) atoms. The Hall–Kier alpha value is -2.31. The van der Waals surface area contributed by atoms with Gasteiger partial charge in [-0.3, -0.25) is 0 Å². The van der Waals surface area contributed by atoms with Gasteiger partial charge in [-0.25, -0.2) is 14.0 Å². The zero-order chi connectivity index (χ0) is 18.4. The van der Waals surface area contributed by atoms with E-state index in [0.29, 0.717) is 13.0 Å². The molecule has 7 heteroatoms. The molecule has 138 valence electrons. The molecular formula is C18H25FN2O4. The lowest BCUT2D eigenvalue weighted by Crippen LogP contribution is -2.54. The number of nitrogens with one attached hydrogen (secondary N) is 1. The number of likely N-dealkylation sites (tertiary alicyclic amines) is 1. The predicted octanol–water partition coefficient (Wildman–Crippen LogP) is 3.26. The van der Waals surface area contributed by atoms with Crippen molar-refractivity contribution in [1.29, 1.82) is 0 Å². The van der Waals surface area contributed by atoms with Crippen molar-refractivity contribution < 1.29 is 23.5 Å². The number of hydrogen-bond donors (Lipinski definition) is 1. The van der Waals surface area contributed by atoms with Gasteiger partial charge in [-0.15, -0.1) is 0 Å². The molecule has 1 aliphatic rings. The Morgan fingerprint density at radius 3 is 2.56 bits per heavy atom. The molecule has 2 atom stereocenters. The van der Waals surface area contributed by atoms with E-state index in [1.807, 2.05) is 30.3 Å². The first-order valence-corrected chi connectivity index (χ1v) is 8.34. The van der Waals surface area contributed by atoms with Crippen LogP contribution in [-0.2, 0) is 16.1 Å². The van der Waals surface area contributed by atoms with E-state index in [9.17, 15) is 14.0 Å². The predicted molar refractivity (Wildman–Crippen MR) is 90.9 cm³/mol. The van der Waals surface area contributed by atoms with Crippen LogP contribution in [0.1, 0.15) is 32.8 Å². The third-order valence-corrected chi connectivity index (χ3v) is 3.71. The summed E-state index contributed by atoms with van der Waals surface area (Å²) < 4.78 is 24.6. The van der Waals surface area contributed by atoms with E-state index in [1.54, 1.807) is 20.8 Å². The fraction of sp³-hybridized carbons (Fsp3) is 0.556. The zero-order valence-corrected chi connectivity index (χ0v) is 14.8. The quantitative estimate of drug-likeness (QED) is 0.907. The summed E-state index contributed by atoms with van der Waals surface area (Å²) in [6, 6.07) is 8.61. The van der Waals surface area contributed by atoms with Gasteiger partial charge >= 0.3 is 12.2 Å². The summed E-state index contributed by atoms with van der Waals surface area (Å²) in [5.74, 6) is 0.